The largest absolute Gasteiger partial charge is 0.488 e. The standard InChI is InChI=1S/C37H47N3O4/c1-26-22-40(27(2)25-41)36(42)21-32-20-33(38-37(43)31-12-8-5-9-13-31)18-19-34(32)44-35(26)24-39(3)23-28-14-16-30(17-15-28)29-10-6-4-7-11-29/h4,6-7,10-11,14-20,26-27,31,35,41H,5,8-9,12-13,21-25H2,1-3H3,(H,38,43)/t26-,27+,35-/m1/s1. The Labute approximate surface area is 262 Å². The lowest BCUT2D eigenvalue weighted by Crippen LogP contribution is -2.47. The number of aliphatic hydroxyl groups is 1. The Bertz CT molecular complexity index is 1390. The van der Waals surface area contributed by atoms with E-state index in [4.69, 9.17) is 4.74 Å². The van der Waals surface area contributed by atoms with Gasteiger partial charge in [-0.05, 0) is 61.7 Å². The Morgan fingerprint density at radius 2 is 1.73 bits per heavy atom. The molecule has 7 heteroatoms. The van der Waals surface area contributed by atoms with Crippen molar-refractivity contribution in [1.29, 1.82) is 0 Å². The molecule has 0 aromatic heterocycles. The van der Waals surface area contributed by atoms with Gasteiger partial charge in [0.2, 0.25) is 11.8 Å². The predicted octanol–water partition coefficient (Wildman–Crippen LogP) is 6.15. The Morgan fingerprint density at radius 3 is 2.43 bits per heavy atom. The van der Waals surface area contributed by atoms with E-state index in [2.05, 4.69) is 72.7 Å². The molecule has 234 valence electrons. The van der Waals surface area contributed by atoms with Gasteiger partial charge in [-0.3, -0.25) is 14.5 Å². The van der Waals surface area contributed by atoms with Crippen LogP contribution in [0.5, 0.6) is 5.75 Å². The summed E-state index contributed by atoms with van der Waals surface area (Å²) in [5, 5.41) is 13.1. The number of hydrogen-bond donors (Lipinski definition) is 2. The van der Waals surface area contributed by atoms with Gasteiger partial charge < -0.3 is 20.1 Å². The molecule has 0 spiro atoms. The third-order valence-corrected chi connectivity index (χ3v) is 9.17. The van der Waals surface area contributed by atoms with Crippen LogP contribution in [0.15, 0.2) is 72.8 Å². The van der Waals surface area contributed by atoms with Gasteiger partial charge in [0.1, 0.15) is 11.9 Å². The molecule has 1 aliphatic carbocycles. The maximum atomic E-state index is 13.6. The molecule has 0 radical (unpaired) electrons. The highest BCUT2D eigenvalue weighted by Crippen LogP contribution is 2.31. The molecule has 2 amide bonds. The molecular formula is C37H47N3O4. The minimum absolute atomic E-state index is 0.0208. The molecule has 0 unspecified atom stereocenters. The van der Waals surface area contributed by atoms with Crippen molar-refractivity contribution in [2.45, 2.75) is 71.1 Å². The third-order valence-electron chi connectivity index (χ3n) is 9.17. The van der Waals surface area contributed by atoms with Crippen molar-refractivity contribution in [3.63, 3.8) is 0 Å². The number of fused-ring (bicyclic) bond motifs is 1. The molecule has 3 aromatic carbocycles. The van der Waals surface area contributed by atoms with Crippen molar-refractivity contribution in [3.05, 3.63) is 83.9 Å². The summed E-state index contributed by atoms with van der Waals surface area (Å²) in [6, 6.07) is 24.4. The molecule has 3 aromatic rings. The summed E-state index contributed by atoms with van der Waals surface area (Å²) < 4.78 is 6.71. The number of anilines is 1. The zero-order valence-electron chi connectivity index (χ0n) is 26.4. The first kappa shape index (κ1) is 31.7. The van der Waals surface area contributed by atoms with Crippen LogP contribution >= 0.6 is 0 Å². The van der Waals surface area contributed by atoms with Gasteiger partial charge in [-0.25, -0.2) is 0 Å². The summed E-state index contributed by atoms with van der Waals surface area (Å²) in [4.78, 5) is 30.6. The topological polar surface area (TPSA) is 82.1 Å². The van der Waals surface area contributed by atoms with Crippen LogP contribution in [0.4, 0.5) is 5.69 Å². The van der Waals surface area contributed by atoms with Crippen LogP contribution < -0.4 is 10.1 Å². The van der Waals surface area contributed by atoms with Crippen LogP contribution in [0.25, 0.3) is 11.1 Å². The van der Waals surface area contributed by atoms with Crippen molar-refractivity contribution in [1.82, 2.24) is 9.80 Å². The molecule has 1 aliphatic heterocycles. The summed E-state index contributed by atoms with van der Waals surface area (Å²) in [7, 11) is 2.10. The van der Waals surface area contributed by atoms with Crippen LogP contribution in [-0.4, -0.2) is 65.6 Å². The van der Waals surface area contributed by atoms with E-state index >= 15 is 0 Å². The summed E-state index contributed by atoms with van der Waals surface area (Å²) in [6.07, 6.45) is 5.19. The number of nitrogens with zero attached hydrogens (tertiary/aromatic N) is 2. The monoisotopic (exact) mass is 597 g/mol. The second-order valence-electron chi connectivity index (χ2n) is 12.8. The van der Waals surface area contributed by atoms with Crippen molar-refractivity contribution in [3.8, 4) is 16.9 Å². The normalized spacial score (nSPS) is 20.2. The first-order valence-corrected chi connectivity index (χ1v) is 16.1. The number of carbonyl (C=O) groups excluding carboxylic acids is 2. The molecule has 44 heavy (non-hydrogen) atoms. The molecule has 7 nitrogen and oxygen atoms in total. The van der Waals surface area contributed by atoms with E-state index in [0.717, 1.165) is 37.8 Å². The number of benzene rings is 3. The second kappa shape index (κ2) is 14.9. The van der Waals surface area contributed by atoms with E-state index in [1.165, 1.54) is 23.1 Å². The Balaban J connectivity index is 1.33. The van der Waals surface area contributed by atoms with E-state index in [1.807, 2.05) is 31.2 Å². The summed E-state index contributed by atoms with van der Waals surface area (Å²) in [5.74, 6) is 0.743. The van der Waals surface area contributed by atoms with Crippen LogP contribution in [0, 0.1) is 11.8 Å². The Hall–Kier alpha value is -3.68. The van der Waals surface area contributed by atoms with Gasteiger partial charge in [0, 0.05) is 42.7 Å². The average Bonchev–Trinajstić information content (AvgIpc) is 3.09. The minimum atomic E-state index is -0.304. The van der Waals surface area contributed by atoms with E-state index in [0.29, 0.717) is 24.5 Å². The quantitative estimate of drug-likeness (QED) is 0.309. The molecule has 1 saturated carbocycles. The predicted molar refractivity (Wildman–Crippen MR) is 175 cm³/mol. The van der Waals surface area contributed by atoms with Gasteiger partial charge >= 0.3 is 0 Å². The van der Waals surface area contributed by atoms with Gasteiger partial charge in [-0.2, -0.15) is 0 Å². The number of carbonyl (C=O) groups is 2. The molecule has 0 bridgehead atoms. The maximum Gasteiger partial charge on any atom is 0.227 e. The Kier molecular flexibility index (Phi) is 10.7. The number of rotatable bonds is 9. The lowest BCUT2D eigenvalue weighted by molar-refractivity contribution is -0.134. The SMILES string of the molecule is C[C@@H]1CN([C@@H](C)CO)C(=O)Cc2cc(NC(=O)C3CCCCC3)ccc2O[C@@H]1CN(C)Cc1ccc(-c2ccccc2)cc1. The van der Waals surface area contributed by atoms with E-state index < -0.39 is 0 Å². The fourth-order valence-corrected chi connectivity index (χ4v) is 6.45. The highest BCUT2D eigenvalue weighted by molar-refractivity contribution is 5.93. The summed E-state index contributed by atoms with van der Waals surface area (Å²) >= 11 is 0. The maximum absolute atomic E-state index is 13.6. The lowest BCUT2D eigenvalue weighted by atomic mass is 9.88. The molecule has 1 fully saturated rings. The van der Waals surface area contributed by atoms with Crippen LogP contribution in [0.1, 0.15) is 57.1 Å². The Morgan fingerprint density at radius 1 is 1.02 bits per heavy atom. The van der Waals surface area contributed by atoms with E-state index in [1.54, 1.807) is 4.90 Å². The number of hydrogen-bond acceptors (Lipinski definition) is 5. The van der Waals surface area contributed by atoms with Crippen molar-refractivity contribution >= 4 is 17.5 Å². The number of ether oxygens (including phenoxy) is 1. The summed E-state index contributed by atoms with van der Waals surface area (Å²) in [6.45, 7) is 5.80. The smallest absolute Gasteiger partial charge is 0.227 e. The first-order chi connectivity index (χ1) is 21.3. The number of aliphatic hydroxyl groups excluding tert-OH is 1. The minimum Gasteiger partial charge on any atom is -0.488 e. The molecule has 5 rings (SSSR count). The lowest BCUT2D eigenvalue weighted by Gasteiger charge is -2.34. The highest BCUT2D eigenvalue weighted by atomic mass is 16.5. The van der Waals surface area contributed by atoms with Crippen LogP contribution in [0.3, 0.4) is 0 Å². The zero-order chi connectivity index (χ0) is 31.1. The van der Waals surface area contributed by atoms with Gasteiger partial charge in [-0.15, -0.1) is 0 Å². The fourth-order valence-electron chi connectivity index (χ4n) is 6.45. The molecule has 1 heterocycles. The summed E-state index contributed by atoms with van der Waals surface area (Å²) in [5.41, 5.74) is 5.06. The number of likely N-dealkylation sites (N-methyl/N-ethyl adjacent to an activating group) is 1. The van der Waals surface area contributed by atoms with Gasteiger partial charge in [0.15, 0.2) is 0 Å². The molecule has 0 saturated heterocycles. The third kappa shape index (κ3) is 8.07. The van der Waals surface area contributed by atoms with Crippen LogP contribution in [0.2, 0.25) is 0 Å². The van der Waals surface area contributed by atoms with E-state index in [-0.39, 0.29) is 48.8 Å². The average molecular weight is 598 g/mol. The number of nitrogens with one attached hydrogen (secondary N) is 1. The fraction of sp³-hybridized carbons (Fsp3) is 0.459. The van der Waals surface area contributed by atoms with Crippen molar-refractivity contribution < 1.29 is 19.4 Å². The molecule has 3 atom stereocenters. The van der Waals surface area contributed by atoms with Crippen LogP contribution in [-0.2, 0) is 22.6 Å². The van der Waals surface area contributed by atoms with Gasteiger partial charge in [-0.1, -0.05) is 80.8 Å². The molecule has 2 aliphatic rings. The molecular weight excluding hydrogens is 550 g/mol. The van der Waals surface area contributed by atoms with E-state index in [9.17, 15) is 14.7 Å². The zero-order valence-corrected chi connectivity index (χ0v) is 26.4. The number of amides is 2. The van der Waals surface area contributed by atoms with Gasteiger partial charge in [0.05, 0.1) is 19.1 Å². The molecule has 2 N–H and O–H groups in total. The highest BCUT2D eigenvalue weighted by Gasteiger charge is 2.31. The second-order valence-corrected chi connectivity index (χ2v) is 12.8. The van der Waals surface area contributed by atoms with Crippen molar-refractivity contribution in [2.75, 3.05) is 32.1 Å². The van der Waals surface area contributed by atoms with Crippen molar-refractivity contribution in [2.24, 2.45) is 11.8 Å². The van der Waals surface area contributed by atoms with Gasteiger partial charge in [0.25, 0.3) is 0 Å². The first-order valence-electron chi connectivity index (χ1n) is 16.1.